The molecule has 2 N–H and O–H groups in total. The monoisotopic (exact) mass is 488 g/mol. The van der Waals surface area contributed by atoms with Crippen LogP contribution in [0.5, 0.6) is 0 Å². The second-order valence-electron chi connectivity index (χ2n) is 8.32. The minimum Gasteiger partial charge on any atom is -0.481 e. The Labute approximate surface area is 207 Å². The number of hydrogen-bond donors (Lipinski definition) is 2. The molecule has 36 heavy (non-hydrogen) atoms. The van der Waals surface area contributed by atoms with E-state index in [0.29, 0.717) is 22.7 Å². The summed E-state index contributed by atoms with van der Waals surface area (Å²) in [7, 11) is 0. The van der Waals surface area contributed by atoms with Crippen molar-refractivity contribution in [1.82, 2.24) is 5.16 Å². The average molecular weight is 489 g/mol. The van der Waals surface area contributed by atoms with Crippen LogP contribution in [0.4, 0.5) is 14.9 Å². The van der Waals surface area contributed by atoms with E-state index in [9.17, 15) is 19.1 Å². The molecule has 1 amide bonds. The van der Waals surface area contributed by atoms with Crippen molar-refractivity contribution in [3.8, 4) is 22.4 Å². The number of aliphatic carboxylic acids is 1. The third kappa shape index (κ3) is 5.60. The van der Waals surface area contributed by atoms with Gasteiger partial charge in [-0.05, 0) is 42.2 Å². The van der Waals surface area contributed by atoms with Crippen molar-refractivity contribution in [2.75, 3.05) is 11.9 Å². The van der Waals surface area contributed by atoms with E-state index in [4.69, 9.17) is 9.26 Å². The van der Waals surface area contributed by atoms with Crippen molar-refractivity contribution in [1.29, 1.82) is 0 Å². The second kappa shape index (κ2) is 10.9. The SMILES string of the molecule is Cc1onc(-c2ccc(-c3ccc([C@@H](C)C(=O)O)cc3)cc2)c1NC(=O)OCCc1ccccc1F. The lowest BCUT2D eigenvalue weighted by Crippen LogP contribution is -2.16. The number of benzene rings is 3. The van der Waals surface area contributed by atoms with Crippen molar-refractivity contribution in [2.24, 2.45) is 0 Å². The van der Waals surface area contributed by atoms with Crippen LogP contribution in [0.15, 0.2) is 77.3 Å². The molecule has 0 fully saturated rings. The van der Waals surface area contributed by atoms with Gasteiger partial charge in [-0.2, -0.15) is 0 Å². The molecular formula is C28H25FN2O5. The zero-order valence-corrected chi connectivity index (χ0v) is 19.8. The molecule has 0 saturated carbocycles. The van der Waals surface area contributed by atoms with Crippen LogP contribution < -0.4 is 5.32 Å². The Kier molecular flexibility index (Phi) is 7.44. The van der Waals surface area contributed by atoms with Gasteiger partial charge < -0.3 is 14.4 Å². The standard InChI is InChI=1S/C28H25FN2O5/c1-17(27(32)33)19-7-9-20(10-8-19)21-11-13-23(14-12-21)26-25(18(2)36-31-26)30-28(34)35-16-15-22-5-3-4-6-24(22)29/h3-14,17H,15-16H2,1-2H3,(H,30,34)(H,32,33)/t17-/m1/s1. The van der Waals surface area contributed by atoms with Crippen molar-refractivity contribution >= 4 is 17.7 Å². The molecular weight excluding hydrogens is 463 g/mol. The fraction of sp³-hybridized carbons (Fsp3) is 0.179. The van der Waals surface area contributed by atoms with Crippen LogP contribution in [0.1, 0.15) is 29.7 Å². The molecule has 0 aliphatic carbocycles. The number of nitrogens with zero attached hydrogens (tertiary/aromatic N) is 1. The summed E-state index contributed by atoms with van der Waals surface area (Å²) in [5.41, 5.74) is 4.66. The number of hydrogen-bond acceptors (Lipinski definition) is 5. The molecule has 4 aromatic rings. The molecule has 1 heterocycles. The Hall–Kier alpha value is -4.46. The van der Waals surface area contributed by atoms with Gasteiger partial charge in [0.15, 0.2) is 5.76 Å². The number of rotatable bonds is 8. The van der Waals surface area contributed by atoms with E-state index in [1.165, 1.54) is 6.07 Å². The highest BCUT2D eigenvalue weighted by atomic mass is 19.1. The van der Waals surface area contributed by atoms with Gasteiger partial charge >= 0.3 is 12.1 Å². The smallest absolute Gasteiger partial charge is 0.411 e. The first-order valence-electron chi connectivity index (χ1n) is 11.4. The number of nitrogens with one attached hydrogen (secondary N) is 1. The van der Waals surface area contributed by atoms with Gasteiger partial charge in [0.25, 0.3) is 0 Å². The average Bonchev–Trinajstić information content (AvgIpc) is 3.24. The van der Waals surface area contributed by atoms with Crippen LogP contribution in [-0.4, -0.2) is 28.9 Å². The van der Waals surface area contributed by atoms with E-state index in [-0.39, 0.29) is 18.8 Å². The minimum atomic E-state index is -0.867. The zero-order chi connectivity index (χ0) is 25.7. The number of halogens is 1. The number of anilines is 1. The summed E-state index contributed by atoms with van der Waals surface area (Å²) < 4.78 is 24.2. The molecule has 3 aromatic carbocycles. The summed E-state index contributed by atoms with van der Waals surface area (Å²) in [6.07, 6.45) is -0.432. The molecule has 0 spiro atoms. The minimum absolute atomic E-state index is 0.0190. The van der Waals surface area contributed by atoms with Crippen LogP contribution >= 0.6 is 0 Å². The molecule has 0 unspecified atom stereocenters. The lowest BCUT2D eigenvalue weighted by molar-refractivity contribution is -0.138. The molecule has 1 aromatic heterocycles. The molecule has 8 heteroatoms. The highest BCUT2D eigenvalue weighted by Gasteiger charge is 2.18. The van der Waals surface area contributed by atoms with E-state index < -0.39 is 18.0 Å². The second-order valence-corrected chi connectivity index (χ2v) is 8.32. The van der Waals surface area contributed by atoms with Gasteiger partial charge in [0.2, 0.25) is 0 Å². The fourth-order valence-electron chi connectivity index (χ4n) is 3.74. The summed E-state index contributed by atoms with van der Waals surface area (Å²) in [5, 5.41) is 15.9. The summed E-state index contributed by atoms with van der Waals surface area (Å²) in [4.78, 5) is 23.5. The number of aromatic nitrogens is 1. The number of carboxylic acid groups (broad SMARTS) is 1. The first-order valence-corrected chi connectivity index (χ1v) is 11.4. The summed E-state index contributed by atoms with van der Waals surface area (Å²) >= 11 is 0. The first-order chi connectivity index (χ1) is 17.3. The normalized spacial score (nSPS) is 11.6. The van der Waals surface area contributed by atoms with Gasteiger partial charge in [-0.25, -0.2) is 9.18 Å². The van der Waals surface area contributed by atoms with Crippen LogP contribution in [0.25, 0.3) is 22.4 Å². The summed E-state index contributed by atoms with van der Waals surface area (Å²) in [6, 6.07) is 21.3. The van der Waals surface area contributed by atoms with E-state index >= 15 is 0 Å². The highest BCUT2D eigenvalue weighted by molar-refractivity contribution is 5.91. The Bertz CT molecular complexity index is 1360. The van der Waals surface area contributed by atoms with Crippen LogP contribution in [-0.2, 0) is 16.0 Å². The topological polar surface area (TPSA) is 102 Å². The van der Waals surface area contributed by atoms with Crippen molar-refractivity contribution in [3.63, 3.8) is 0 Å². The van der Waals surface area contributed by atoms with Crippen LogP contribution in [0.2, 0.25) is 0 Å². The van der Waals surface area contributed by atoms with Crippen LogP contribution in [0.3, 0.4) is 0 Å². The Balaban J connectivity index is 1.42. The fourth-order valence-corrected chi connectivity index (χ4v) is 3.74. The number of carboxylic acids is 1. The van der Waals surface area contributed by atoms with E-state index in [2.05, 4.69) is 10.5 Å². The third-order valence-corrected chi connectivity index (χ3v) is 5.92. The van der Waals surface area contributed by atoms with E-state index in [1.807, 2.05) is 48.5 Å². The van der Waals surface area contributed by atoms with Gasteiger partial charge in [0.1, 0.15) is 17.2 Å². The van der Waals surface area contributed by atoms with E-state index in [1.54, 1.807) is 32.0 Å². The van der Waals surface area contributed by atoms with Gasteiger partial charge in [-0.3, -0.25) is 10.1 Å². The number of carbonyl (C=O) groups excluding carboxylic acids is 1. The molecule has 4 rings (SSSR count). The summed E-state index contributed by atoms with van der Waals surface area (Å²) in [5.74, 6) is -1.36. The lowest BCUT2D eigenvalue weighted by Gasteiger charge is -2.09. The Morgan fingerprint density at radius 2 is 1.61 bits per heavy atom. The molecule has 0 aliphatic rings. The predicted octanol–water partition coefficient (Wildman–Crippen LogP) is 6.44. The van der Waals surface area contributed by atoms with Gasteiger partial charge in [-0.15, -0.1) is 0 Å². The Morgan fingerprint density at radius 3 is 2.25 bits per heavy atom. The van der Waals surface area contributed by atoms with Crippen molar-refractivity contribution in [3.05, 3.63) is 95.5 Å². The van der Waals surface area contributed by atoms with Gasteiger partial charge in [0.05, 0.1) is 12.5 Å². The molecule has 1 atom stereocenters. The number of amides is 1. The molecule has 0 saturated heterocycles. The number of carbonyl (C=O) groups is 2. The molecule has 0 aliphatic heterocycles. The zero-order valence-electron chi connectivity index (χ0n) is 19.8. The quantitative estimate of drug-likeness (QED) is 0.296. The predicted molar refractivity (Wildman–Crippen MR) is 133 cm³/mol. The van der Waals surface area contributed by atoms with Crippen molar-refractivity contribution in [2.45, 2.75) is 26.2 Å². The van der Waals surface area contributed by atoms with Crippen LogP contribution in [0, 0.1) is 12.7 Å². The number of aryl methyl sites for hydroxylation is 1. The highest BCUT2D eigenvalue weighted by Crippen LogP contribution is 2.32. The maximum absolute atomic E-state index is 13.7. The van der Waals surface area contributed by atoms with Gasteiger partial charge in [0, 0.05) is 12.0 Å². The summed E-state index contributed by atoms with van der Waals surface area (Å²) in [6.45, 7) is 3.35. The van der Waals surface area contributed by atoms with Crippen molar-refractivity contribution < 1.29 is 28.3 Å². The molecule has 0 bridgehead atoms. The molecule has 0 radical (unpaired) electrons. The number of ether oxygens (including phenoxy) is 1. The molecule has 184 valence electrons. The van der Waals surface area contributed by atoms with E-state index in [0.717, 1.165) is 22.3 Å². The lowest BCUT2D eigenvalue weighted by atomic mass is 9.97. The van der Waals surface area contributed by atoms with Gasteiger partial charge in [-0.1, -0.05) is 71.9 Å². The Morgan fingerprint density at radius 1 is 1.00 bits per heavy atom. The maximum Gasteiger partial charge on any atom is 0.411 e. The molecule has 7 nitrogen and oxygen atoms in total. The third-order valence-electron chi connectivity index (χ3n) is 5.92. The maximum atomic E-state index is 13.7. The first kappa shape index (κ1) is 24.7. The largest absolute Gasteiger partial charge is 0.481 e.